The van der Waals surface area contributed by atoms with Crippen molar-refractivity contribution in [1.29, 1.82) is 0 Å². The third-order valence-corrected chi connectivity index (χ3v) is 4.66. The second-order valence-electron chi connectivity index (χ2n) is 5.06. The van der Waals surface area contributed by atoms with Crippen molar-refractivity contribution in [2.45, 2.75) is 25.8 Å². The van der Waals surface area contributed by atoms with E-state index in [1.165, 1.54) is 12.1 Å². The Morgan fingerprint density at radius 2 is 2.26 bits per heavy atom. The number of rotatable bonds is 2. The normalized spacial score (nSPS) is 19.6. The molecule has 1 unspecified atom stereocenters. The van der Waals surface area contributed by atoms with Crippen LogP contribution in [-0.4, -0.2) is 15.6 Å². The number of aliphatic carboxylic acids is 1. The lowest BCUT2D eigenvalue weighted by Crippen LogP contribution is -2.17. The van der Waals surface area contributed by atoms with Crippen molar-refractivity contribution in [1.82, 2.24) is 4.57 Å². The molecule has 0 radical (unpaired) electrons. The highest BCUT2D eigenvalue weighted by atomic mass is 79.9. The van der Waals surface area contributed by atoms with Gasteiger partial charge in [0, 0.05) is 28.0 Å². The Kier molecular flexibility index (Phi) is 2.89. The Morgan fingerprint density at radius 1 is 1.53 bits per heavy atom. The maximum absolute atomic E-state index is 13.5. The van der Waals surface area contributed by atoms with Crippen LogP contribution < -0.4 is 0 Å². The van der Waals surface area contributed by atoms with E-state index < -0.39 is 11.9 Å². The van der Waals surface area contributed by atoms with E-state index in [4.69, 9.17) is 5.11 Å². The van der Waals surface area contributed by atoms with Crippen LogP contribution in [0, 0.1) is 11.7 Å². The van der Waals surface area contributed by atoms with Crippen molar-refractivity contribution in [2.75, 3.05) is 0 Å². The van der Waals surface area contributed by atoms with Crippen molar-refractivity contribution in [3.63, 3.8) is 0 Å². The summed E-state index contributed by atoms with van der Waals surface area (Å²) in [5.74, 6) is -1.49. The van der Waals surface area contributed by atoms with E-state index in [0.29, 0.717) is 4.47 Å². The summed E-state index contributed by atoms with van der Waals surface area (Å²) in [7, 11) is 0. The first-order valence-electron chi connectivity index (χ1n) is 6.20. The minimum Gasteiger partial charge on any atom is -0.481 e. The predicted molar refractivity (Wildman–Crippen MR) is 73.8 cm³/mol. The Labute approximate surface area is 118 Å². The number of halogens is 2. The average molecular weight is 326 g/mol. The van der Waals surface area contributed by atoms with Crippen LogP contribution in [0.5, 0.6) is 0 Å². The molecule has 0 aliphatic carbocycles. The van der Waals surface area contributed by atoms with Gasteiger partial charge >= 0.3 is 5.97 Å². The van der Waals surface area contributed by atoms with Crippen LogP contribution in [0.3, 0.4) is 0 Å². The van der Waals surface area contributed by atoms with Gasteiger partial charge in [0.05, 0.1) is 11.4 Å². The van der Waals surface area contributed by atoms with Crippen LogP contribution in [-0.2, 0) is 11.3 Å². The summed E-state index contributed by atoms with van der Waals surface area (Å²) in [4.78, 5) is 11.2. The van der Waals surface area contributed by atoms with E-state index in [9.17, 15) is 9.18 Å². The van der Waals surface area contributed by atoms with Gasteiger partial charge in [0.15, 0.2) is 0 Å². The average Bonchev–Trinajstić information content (AvgIpc) is 2.87. The van der Waals surface area contributed by atoms with Crippen molar-refractivity contribution in [2.24, 2.45) is 5.92 Å². The molecule has 2 atom stereocenters. The molecule has 1 aromatic carbocycles. The zero-order valence-corrected chi connectivity index (χ0v) is 11.9. The maximum atomic E-state index is 13.5. The quantitative estimate of drug-likeness (QED) is 0.913. The number of carboxylic acids is 1. The van der Waals surface area contributed by atoms with Crippen LogP contribution in [0.15, 0.2) is 22.7 Å². The lowest BCUT2D eigenvalue weighted by molar-refractivity contribution is -0.141. The van der Waals surface area contributed by atoms with Crippen LogP contribution in [0.1, 0.15) is 25.0 Å². The fourth-order valence-electron chi connectivity index (χ4n) is 2.95. The van der Waals surface area contributed by atoms with Gasteiger partial charge in [-0.2, -0.15) is 0 Å². The smallest absolute Gasteiger partial charge is 0.306 e. The molecule has 2 aromatic rings. The number of hydrogen-bond acceptors (Lipinski definition) is 1. The van der Waals surface area contributed by atoms with Gasteiger partial charge in [-0.15, -0.1) is 0 Å². The number of benzene rings is 1. The lowest BCUT2D eigenvalue weighted by Gasteiger charge is -2.13. The minimum absolute atomic E-state index is 0.000128. The molecule has 0 spiro atoms. The van der Waals surface area contributed by atoms with Crippen LogP contribution in [0.2, 0.25) is 0 Å². The molecular formula is C14H13BrFNO2. The SMILES string of the molecule is CC(C(=O)O)[C@H]1CCn2c1cc1c(Br)cc(F)cc12. The zero-order chi connectivity index (χ0) is 13.7. The molecule has 0 bridgehead atoms. The first kappa shape index (κ1) is 12.7. The van der Waals surface area contributed by atoms with Gasteiger partial charge in [0.1, 0.15) is 5.82 Å². The summed E-state index contributed by atoms with van der Waals surface area (Å²) < 4.78 is 16.2. The summed E-state index contributed by atoms with van der Waals surface area (Å²) in [6.45, 7) is 2.48. The van der Waals surface area contributed by atoms with Gasteiger partial charge in [-0.05, 0) is 40.5 Å². The molecule has 2 heterocycles. The third kappa shape index (κ3) is 1.87. The Morgan fingerprint density at radius 3 is 2.95 bits per heavy atom. The lowest BCUT2D eigenvalue weighted by atomic mass is 9.90. The molecule has 3 rings (SSSR count). The van der Waals surface area contributed by atoms with Crippen molar-refractivity contribution >= 4 is 32.8 Å². The van der Waals surface area contributed by atoms with E-state index >= 15 is 0 Å². The van der Waals surface area contributed by atoms with Gasteiger partial charge in [-0.1, -0.05) is 6.92 Å². The molecule has 0 fully saturated rings. The van der Waals surface area contributed by atoms with Crippen molar-refractivity contribution < 1.29 is 14.3 Å². The van der Waals surface area contributed by atoms with E-state index in [-0.39, 0.29) is 11.7 Å². The first-order chi connectivity index (χ1) is 8.99. The number of carbonyl (C=O) groups is 1. The first-order valence-corrected chi connectivity index (χ1v) is 6.99. The number of hydrogen-bond donors (Lipinski definition) is 1. The number of carboxylic acid groups (broad SMARTS) is 1. The molecule has 0 saturated heterocycles. The molecule has 1 aromatic heterocycles. The van der Waals surface area contributed by atoms with Crippen molar-refractivity contribution in [3.8, 4) is 0 Å². The molecule has 0 saturated carbocycles. The number of aryl methyl sites for hydroxylation is 1. The summed E-state index contributed by atoms with van der Waals surface area (Å²) >= 11 is 3.36. The zero-order valence-electron chi connectivity index (χ0n) is 10.4. The van der Waals surface area contributed by atoms with Gasteiger partial charge in [0.25, 0.3) is 0 Å². The van der Waals surface area contributed by atoms with Gasteiger partial charge in [-0.25, -0.2) is 4.39 Å². The molecule has 1 aliphatic rings. The molecule has 1 N–H and O–H groups in total. The molecule has 1 aliphatic heterocycles. The second kappa shape index (κ2) is 4.34. The molecule has 3 nitrogen and oxygen atoms in total. The number of nitrogens with zero attached hydrogens (tertiary/aromatic N) is 1. The van der Waals surface area contributed by atoms with Gasteiger partial charge in [0.2, 0.25) is 0 Å². The topological polar surface area (TPSA) is 42.2 Å². The van der Waals surface area contributed by atoms with Crippen LogP contribution >= 0.6 is 15.9 Å². The summed E-state index contributed by atoms with van der Waals surface area (Å²) in [6.07, 6.45) is 0.798. The van der Waals surface area contributed by atoms with E-state index in [2.05, 4.69) is 15.9 Å². The summed E-state index contributed by atoms with van der Waals surface area (Å²) in [5, 5.41) is 10.1. The molecule has 19 heavy (non-hydrogen) atoms. The number of aromatic nitrogens is 1. The van der Waals surface area contributed by atoms with Crippen LogP contribution in [0.25, 0.3) is 10.9 Å². The summed E-state index contributed by atoms with van der Waals surface area (Å²) in [6, 6.07) is 4.93. The second-order valence-corrected chi connectivity index (χ2v) is 5.92. The standard InChI is InChI=1S/C14H13BrFNO2/c1-7(14(18)19)9-2-3-17-12-5-8(16)4-11(15)10(12)6-13(9)17/h4-7,9H,2-3H2,1H3,(H,18,19)/t7?,9-/m1/s1. The molecule has 100 valence electrons. The predicted octanol–water partition coefficient (Wildman–Crippen LogP) is 3.75. The summed E-state index contributed by atoms with van der Waals surface area (Å²) in [5.41, 5.74) is 1.83. The Hall–Kier alpha value is -1.36. The van der Waals surface area contributed by atoms with Crippen molar-refractivity contribution in [3.05, 3.63) is 34.2 Å². The molecular weight excluding hydrogens is 313 g/mol. The highest BCUT2D eigenvalue weighted by molar-refractivity contribution is 9.10. The van der Waals surface area contributed by atoms with E-state index in [1.807, 2.05) is 10.6 Å². The highest BCUT2D eigenvalue weighted by Gasteiger charge is 2.33. The maximum Gasteiger partial charge on any atom is 0.306 e. The van der Waals surface area contributed by atoms with E-state index in [1.54, 1.807) is 6.92 Å². The Bertz CT molecular complexity index is 680. The fourth-order valence-corrected chi connectivity index (χ4v) is 3.49. The van der Waals surface area contributed by atoms with Gasteiger partial charge in [-0.3, -0.25) is 4.79 Å². The monoisotopic (exact) mass is 325 g/mol. The highest BCUT2D eigenvalue weighted by Crippen LogP contribution is 2.40. The van der Waals surface area contributed by atoms with Crippen LogP contribution in [0.4, 0.5) is 4.39 Å². The number of fused-ring (bicyclic) bond motifs is 3. The molecule has 0 amide bonds. The third-order valence-electron chi connectivity index (χ3n) is 4.00. The largest absolute Gasteiger partial charge is 0.481 e. The van der Waals surface area contributed by atoms with E-state index in [0.717, 1.165) is 29.6 Å². The Balaban J connectivity index is 2.17. The fraction of sp³-hybridized carbons (Fsp3) is 0.357. The molecule has 5 heteroatoms. The van der Waals surface area contributed by atoms with Gasteiger partial charge < -0.3 is 9.67 Å². The minimum atomic E-state index is -0.783.